The molecule has 4 heteroatoms. The Hall–Kier alpha value is -5.92. The number of hydrogen-bond donors (Lipinski definition) is 0. The van der Waals surface area contributed by atoms with Crippen LogP contribution in [0.4, 0.5) is 0 Å². The largest absolute Gasteiger partial charge is 0.208 e. The van der Waals surface area contributed by atoms with Gasteiger partial charge >= 0.3 is 0 Å². The monoisotopic (exact) mass is 616 g/mol. The Morgan fingerprint density at radius 2 is 1.15 bits per heavy atom. The molecule has 0 bridgehead atoms. The van der Waals surface area contributed by atoms with Crippen molar-refractivity contribution in [2.24, 2.45) is 0 Å². The van der Waals surface area contributed by atoms with Gasteiger partial charge in [-0.25, -0.2) is 15.0 Å². The lowest BCUT2D eigenvalue weighted by Crippen LogP contribution is -2.28. The summed E-state index contributed by atoms with van der Waals surface area (Å²) in [5, 5.41) is 12.1. The lowest BCUT2D eigenvalue weighted by atomic mass is 9.67. The Morgan fingerprint density at radius 3 is 1.96 bits per heavy atom. The van der Waals surface area contributed by atoms with Crippen LogP contribution in [0.2, 0.25) is 0 Å². The maximum absolute atomic E-state index is 9.77. The van der Waals surface area contributed by atoms with Crippen LogP contribution in [0.5, 0.6) is 0 Å². The minimum Gasteiger partial charge on any atom is -0.208 e. The van der Waals surface area contributed by atoms with Gasteiger partial charge in [-0.2, -0.15) is 5.26 Å². The first kappa shape index (κ1) is 28.3. The predicted octanol–water partition coefficient (Wildman–Crippen LogP) is 10.8. The van der Waals surface area contributed by atoms with E-state index < -0.39 is 0 Å². The molecule has 0 amide bonds. The molecule has 1 fully saturated rings. The van der Waals surface area contributed by atoms with Crippen molar-refractivity contribution >= 4 is 10.8 Å². The summed E-state index contributed by atoms with van der Waals surface area (Å²) in [6, 6.07) is 49.0. The van der Waals surface area contributed by atoms with Crippen LogP contribution in [0, 0.1) is 11.3 Å². The minimum absolute atomic E-state index is 0.0125. The Balaban J connectivity index is 1.21. The first-order chi connectivity index (χ1) is 23.7. The quantitative estimate of drug-likeness (QED) is 0.197. The van der Waals surface area contributed by atoms with E-state index in [0.717, 1.165) is 51.6 Å². The summed E-state index contributed by atoms with van der Waals surface area (Å²) < 4.78 is 0. The highest BCUT2D eigenvalue weighted by Gasteiger charge is 2.44. The van der Waals surface area contributed by atoms with Crippen LogP contribution in [0.1, 0.15) is 48.8 Å². The zero-order valence-corrected chi connectivity index (χ0v) is 26.5. The number of aromatic nitrogens is 3. The fraction of sp³-hybridized carbons (Fsp3) is 0.136. The molecular weight excluding hydrogens is 585 g/mol. The van der Waals surface area contributed by atoms with Gasteiger partial charge in [0, 0.05) is 22.1 Å². The maximum atomic E-state index is 9.77. The smallest absolute Gasteiger partial charge is 0.164 e. The lowest BCUT2D eigenvalue weighted by molar-refractivity contribution is 0.353. The van der Waals surface area contributed by atoms with Crippen LogP contribution in [0.25, 0.3) is 67.2 Å². The van der Waals surface area contributed by atoms with Gasteiger partial charge in [0.2, 0.25) is 0 Å². The van der Waals surface area contributed by atoms with Crippen LogP contribution in [0.15, 0.2) is 133 Å². The van der Waals surface area contributed by atoms with E-state index in [4.69, 9.17) is 15.0 Å². The van der Waals surface area contributed by atoms with E-state index in [-0.39, 0.29) is 5.41 Å². The average molecular weight is 617 g/mol. The van der Waals surface area contributed by atoms with Crippen molar-refractivity contribution in [3.63, 3.8) is 0 Å². The summed E-state index contributed by atoms with van der Waals surface area (Å²) in [7, 11) is 0. The molecule has 48 heavy (non-hydrogen) atoms. The van der Waals surface area contributed by atoms with E-state index >= 15 is 0 Å². The topological polar surface area (TPSA) is 62.5 Å². The standard InChI is InChI=1S/C44H32N4/c45-28-29-17-21-36-38-27-33(20-22-39(38)44(40(36)25-29)23-9-2-10-24-44)35-15-7-8-16-37(35)43-47-41(31-12-3-1-4-13-31)46-42(48-43)34-19-18-30-11-5-6-14-32(30)26-34/h1,3-8,11-22,25-27H,2,9-10,23-24H2. The third kappa shape index (κ3) is 4.62. The molecule has 0 atom stereocenters. The van der Waals surface area contributed by atoms with Gasteiger partial charge in [-0.3, -0.25) is 0 Å². The van der Waals surface area contributed by atoms with Gasteiger partial charge < -0.3 is 0 Å². The van der Waals surface area contributed by atoms with E-state index in [2.05, 4.69) is 103 Å². The molecule has 1 heterocycles. The van der Waals surface area contributed by atoms with Crippen molar-refractivity contribution < 1.29 is 0 Å². The number of benzene rings is 6. The highest BCUT2D eigenvalue weighted by atomic mass is 15.0. The number of nitriles is 1. The van der Waals surface area contributed by atoms with E-state index in [0.29, 0.717) is 17.5 Å². The van der Waals surface area contributed by atoms with Gasteiger partial charge in [0.25, 0.3) is 0 Å². The second-order valence-electron chi connectivity index (χ2n) is 13.1. The molecule has 0 aliphatic heterocycles. The molecule has 4 nitrogen and oxygen atoms in total. The van der Waals surface area contributed by atoms with Crippen molar-refractivity contribution in [2.75, 3.05) is 0 Å². The second kappa shape index (κ2) is 11.4. The maximum Gasteiger partial charge on any atom is 0.164 e. The van der Waals surface area contributed by atoms with Gasteiger partial charge in [0.15, 0.2) is 17.5 Å². The Bertz CT molecular complexity index is 2400. The van der Waals surface area contributed by atoms with Crippen LogP contribution < -0.4 is 0 Å². The number of hydrogen-bond acceptors (Lipinski definition) is 4. The highest BCUT2D eigenvalue weighted by molar-refractivity contribution is 5.90. The summed E-state index contributed by atoms with van der Waals surface area (Å²) in [5.74, 6) is 1.94. The van der Waals surface area contributed by atoms with E-state index in [1.54, 1.807) is 0 Å². The van der Waals surface area contributed by atoms with Crippen molar-refractivity contribution in [1.29, 1.82) is 5.26 Å². The first-order valence-electron chi connectivity index (χ1n) is 16.8. The molecule has 2 aliphatic carbocycles. The molecule has 1 spiro atoms. The first-order valence-corrected chi connectivity index (χ1v) is 16.8. The van der Waals surface area contributed by atoms with Crippen molar-refractivity contribution in [3.05, 3.63) is 150 Å². The van der Waals surface area contributed by atoms with Crippen LogP contribution in [-0.2, 0) is 5.41 Å². The molecule has 0 radical (unpaired) electrons. The Kier molecular flexibility index (Phi) is 6.73. The third-order valence-corrected chi connectivity index (χ3v) is 10.4. The molecule has 6 aromatic carbocycles. The van der Waals surface area contributed by atoms with Gasteiger partial charge in [-0.15, -0.1) is 0 Å². The molecule has 9 rings (SSSR count). The second-order valence-corrected chi connectivity index (χ2v) is 13.1. The Morgan fingerprint density at radius 1 is 0.458 bits per heavy atom. The van der Waals surface area contributed by atoms with Gasteiger partial charge in [0.05, 0.1) is 11.6 Å². The fourth-order valence-corrected chi connectivity index (χ4v) is 8.04. The van der Waals surface area contributed by atoms with Gasteiger partial charge in [-0.05, 0) is 81.3 Å². The number of rotatable bonds is 4. The zero-order chi connectivity index (χ0) is 32.1. The molecule has 7 aromatic rings. The SMILES string of the molecule is N#Cc1ccc2c(c1)C1(CCCCC1)c1ccc(-c3ccccc3-c3nc(-c4ccccc4)nc(-c4ccc5ccccc5c4)n3)cc1-2. The molecule has 1 saturated carbocycles. The lowest BCUT2D eigenvalue weighted by Gasteiger charge is -2.36. The van der Waals surface area contributed by atoms with E-state index in [1.807, 2.05) is 36.4 Å². The van der Waals surface area contributed by atoms with Gasteiger partial charge in [0.1, 0.15) is 0 Å². The molecular formula is C44H32N4. The Labute approximate surface area is 280 Å². The van der Waals surface area contributed by atoms with Crippen LogP contribution in [-0.4, -0.2) is 15.0 Å². The highest BCUT2D eigenvalue weighted by Crippen LogP contribution is 2.56. The number of fused-ring (bicyclic) bond motifs is 6. The molecule has 0 N–H and O–H groups in total. The predicted molar refractivity (Wildman–Crippen MR) is 193 cm³/mol. The molecule has 2 aliphatic rings. The molecule has 1 aromatic heterocycles. The van der Waals surface area contributed by atoms with Crippen LogP contribution >= 0.6 is 0 Å². The van der Waals surface area contributed by atoms with E-state index in [9.17, 15) is 5.26 Å². The van der Waals surface area contributed by atoms with Crippen molar-refractivity contribution in [3.8, 4) is 62.5 Å². The van der Waals surface area contributed by atoms with Crippen molar-refractivity contribution in [2.45, 2.75) is 37.5 Å². The fourth-order valence-electron chi connectivity index (χ4n) is 8.04. The van der Waals surface area contributed by atoms with Crippen molar-refractivity contribution in [1.82, 2.24) is 15.0 Å². The third-order valence-electron chi connectivity index (χ3n) is 10.4. The van der Waals surface area contributed by atoms with Crippen LogP contribution in [0.3, 0.4) is 0 Å². The molecule has 228 valence electrons. The summed E-state index contributed by atoms with van der Waals surface area (Å²) in [4.78, 5) is 15.2. The van der Waals surface area contributed by atoms with Gasteiger partial charge in [-0.1, -0.05) is 128 Å². The molecule has 0 unspecified atom stereocenters. The summed E-state index contributed by atoms with van der Waals surface area (Å²) in [6.07, 6.45) is 5.95. The zero-order valence-electron chi connectivity index (χ0n) is 26.5. The normalized spacial score (nSPS) is 14.4. The summed E-state index contributed by atoms with van der Waals surface area (Å²) in [6.45, 7) is 0. The summed E-state index contributed by atoms with van der Waals surface area (Å²) in [5.41, 5.74) is 11.1. The average Bonchev–Trinajstić information content (AvgIpc) is 3.42. The summed E-state index contributed by atoms with van der Waals surface area (Å²) >= 11 is 0. The van der Waals surface area contributed by atoms with E-state index in [1.165, 1.54) is 46.9 Å². The molecule has 0 saturated heterocycles. The number of nitrogens with zero attached hydrogens (tertiary/aromatic N) is 4. The minimum atomic E-state index is -0.0125.